The number of fused-ring (bicyclic) bond motifs is 1. The van der Waals surface area contributed by atoms with Gasteiger partial charge in [-0.1, -0.05) is 0 Å². The van der Waals surface area contributed by atoms with E-state index in [1.54, 1.807) is 25.6 Å². The number of hydrogen-bond acceptors (Lipinski definition) is 9. The van der Waals surface area contributed by atoms with E-state index in [1.807, 2.05) is 0 Å². The number of aromatic nitrogens is 5. The van der Waals surface area contributed by atoms with E-state index in [0.29, 0.717) is 40.4 Å². The van der Waals surface area contributed by atoms with Gasteiger partial charge in [-0.25, -0.2) is 4.98 Å². The van der Waals surface area contributed by atoms with Crippen LogP contribution in [-0.4, -0.2) is 56.4 Å². The predicted molar refractivity (Wildman–Crippen MR) is 104 cm³/mol. The molecule has 28 heavy (non-hydrogen) atoms. The summed E-state index contributed by atoms with van der Waals surface area (Å²) in [6, 6.07) is 3.76. The Bertz CT molecular complexity index is 954. The lowest BCUT2D eigenvalue weighted by Crippen LogP contribution is -2.28. The molecule has 3 heterocycles. The zero-order valence-corrected chi connectivity index (χ0v) is 15.8. The molecule has 148 valence electrons. The number of H-pyrrole nitrogens is 1. The smallest absolute Gasteiger partial charge is 0.240 e. The number of aromatic amines is 1. The van der Waals surface area contributed by atoms with Crippen LogP contribution in [-0.2, 0) is 0 Å². The molecule has 1 fully saturated rings. The van der Waals surface area contributed by atoms with Crippen LogP contribution in [0.25, 0.3) is 11.2 Å². The van der Waals surface area contributed by atoms with Crippen LogP contribution in [0, 0.1) is 0 Å². The highest BCUT2D eigenvalue weighted by Gasteiger charge is 2.21. The second-order valence-electron chi connectivity index (χ2n) is 6.68. The average molecular weight is 385 g/mol. The summed E-state index contributed by atoms with van der Waals surface area (Å²) in [7, 11) is 3.09. The van der Waals surface area contributed by atoms with Gasteiger partial charge in [0, 0.05) is 12.1 Å². The van der Waals surface area contributed by atoms with Gasteiger partial charge in [-0.3, -0.25) is 0 Å². The van der Waals surface area contributed by atoms with Crippen molar-refractivity contribution in [2.45, 2.75) is 37.8 Å². The summed E-state index contributed by atoms with van der Waals surface area (Å²) >= 11 is 0. The highest BCUT2D eigenvalue weighted by molar-refractivity contribution is 5.84. The fourth-order valence-corrected chi connectivity index (χ4v) is 3.31. The number of hydrogen-bond donors (Lipinski definition) is 4. The van der Waals surface area contributed by atoms with E-state index in [0.717, 1.165) is 25.7 Å². The van der Waals surface area contributed by atoms with Crippen LogP contribution >= 0.6 is 0 Å². The maximum absolute atomic E-state index is 9.72. The fraction of sp³-hybridized carbons (Fsp3) is 0.444. The maximum Gasteiger partial charge on any atom is 0.240 e. The van der Waals surface area contributed by atoms with E-state index in [4.69, 9.17) is 9.47 Å². The molecule has 3 aromatic heterocycles. The third-order valence-electron chi connectivity index (χ3n) is 4.80. The number of pyridine rings is 1. The van der Waals surface area contributed by atoms with Crippen molar-refractivity contribution in [3.8, 4) is 11.8 Å². The number of nitrogens with one attached hydrogen (secondary N) is 3. The van der Waals surface area contributed by atoms with Crippen LogP contribution in [0.5, 0.6) is 11.8 Å². The first-order valence-corrected chi connectivity index (χ1v) is 9.18. The quantitative estimate of drug-likeness (QED) is 0.504. The largest absolute Gasteiger partial charge is 0.481 e. The molecule has 10 nitrogen and oxygen atoms in total. The fourth-order valence-electron chi connectivity index (χ4n) is 3.31. The predicted octanol–water partition coefficient (Wildman–Crippen LogP) is 2.22. The Balaban J connectivity index is 1.61. The summed E-state index contributed by atoms with van der Waals surface area (Å²) in [5, 5.41) is 16.3. The number of nitrogens with zero attached hydrogens (tertiary/aromatic N) is 4. The van der Waals surface area contributed by atoms with Crippen LogP contribution in [0.3, 0.4) is 0 Å². The minimum Gasteiger partial charge on any atom is -0.481 e. The van der Waals surface area contributed by atoms with Crippen LogP contribution in [0.2, 0.25) is 0 Å². The number of ether oxygens (including phenoxy) is 2. The van der Waals surface area contributed by atoms with Crippen molar-refractivity contribution in [2.24, 2.45) is 0 Å². The van der Waals surface area contributed by atoms with Gasteiger partial charge >= 0.3 is 0 Å². The van der Waals surface area contributed by atoms with Gasteiger partial charge in [-0.2, -0.15) is 15.0 Å². The summed E-state index contributed by atoms with van der Waals surface area (Å²) in [6.07, 6.45) is 4.72. The van der Waals surface area contributed by atoms with Gasteiger partial charge in [0.2, 0.25) is 17.7 Å². The third-order valence-corrected chi connectivity index (χ3v) is 4.80. The van der Waals surface area contributed by atoms with Gasteiger partial charge in [-0.15, -0.1) is 0 Å². The van der Waals surface area contributed by atoms with E-state index in [9.17, 15) is 5.11 Å². The molecule has 0 aliphatic heterocycles. The highest BCUT2D eigenvalue weighted by atomic mass is 16.5. The number of rotatable bonds is 6. The summed E-state index contributed by atoms with van der Waals surface area (Å²) in [5.74, 6) is 1.87. The molecule has 1 aliphatic rings. The van der Waals surface area contributed by atoms with Gasteiger partial charge < -0.3 is 30.2 Å². The zero-order valence-electron chi connectivity index (χ0n) is 15.8. The Hall–Kier alpha value is -3.14. The lowest BCUT2D eigenvalue weighted by Gasteiger charge is -2.26. The van der Waals surface area contributed by atoms with Gasteiger partial charge in [0.1, 0.15) is 11.2 Å². The van der Waals surface area contributed by atoms with Crippen molar-refractivity contribution in [1.82, 2.24) is 24.9 Å². The van der Waals surface area contributed by atoms with E-state index >= 15 is 0 Å². The molecule has 0 bridgehead atoms. The lowest BCUT2D eigenvalue weighted by atomic mass is 9.93. The Labute approximate surface area is 161 Å². The molecule has 0 radical (unpaired) electrons. The minimum absolute atomic E-state index is 0.207. The molecule has 0 amide bonds. The van der Waals surface area contributed by atoms with E-state index in [1.165, 1.54) is 7.11 Å². The topological polar surface area (TPSA) is 130 Å². The first-order chi connectivity index (χ1) is 13.7. The molecular formula is C18H23N7O3. The molecule has 10 heteroatoms. The molecule has 0 unspecified atom stereocenters. The number of imidazole rings is 1. The van der Waals surface area contributed by atoms with Crippen molar-refractivity contribution in [3.63, 3.8) is 0 Å². The van der Waals surface area contributed by atoms with Crippen molar-refractivity contribution < 1.29 is 14.6 Å². The van der Waals surface area contributed by atoms with Crippen LogP contribution in [0.4, 0.5) is 17.5 Å². The summed E-state index contributed by atoms with van der Waals surface area (Å²) in [4.78, 5) is 20.7. The summed E-state index contributed by atoms with van der Waals surface area (Å²) < 4.78 is 10.5. The van der Waals surface area contributed by atoms with Gasteiger partial charge in [0.05, 0.1) is 26.7 Å². The number of aliphatic hydroxyl groups excluding tert-OH is 1. The summed E-state index contributed by atoms with van der Waals surface area (Å²) in [5.41, 5.74) is 1.92. The molecule has 1 aliphatic carbocycles. The molecular weight excluding hydrogens is 362 g/mol. The molecule has 1 saturated carbocycles. The van der Waals surface area contributed by atoms with Crippen molar-refractivity contribution in [2.75, 3.05) is 24.9 Å². The van der Waals surface area contributed by atoms with Crippen molar-refractivity contribution in [1.29, 1.82) is 0 Å². The molecule has 0 atom stereocenters. The molecule has 4 rings (SSSR count). The first-order valence-electron chi connectivity index (χ1n) is 9.18. The van der Waals surface area contributed by atoms with Crippen LogP contribution in [0.1, 0.15) is 25.7 Å². The number of methoxy groups -OCH3 is 2. The Morgan fingerprint density at radius 3 is 2.64 bits per heavy atom. The molecule has 0 aromatic carbocycles. The Kier molecular flexibility index (Phi) is 5.11. The molecule has 4 N–H and O–H groups in total. The van der Waals surface area contributed by atoms with Crippen molar-refractivity contribution >= 4 is 28.6 Å². The Morgan fingerprint density at radius 1 is 1.07 bits per heavy atom. The normalized spacial score (nSPS) is 19.4. The lowest BCUT2D eigenvalue weighted by molar-refractivity contribution is 0.126. The van der Waals surface area contributed by atoms with Gasteiger partial charge in [-0.05, 0) is 31.7 Å². The standard InChI is InChI=1S/C18H23N7O3/c1-27-13-8-7-12(17(23-13)28-2)22-18-24-15-14(19-9-20-15)16(25-18)21-10-3-5-11(26)6-4-10/h7-11,26H,3-6H2,1-2H3,(H3,19,20,21,22,24,25)/t10-,11-. The third kappa shape index (κ3) is 3.77. The van der Waals surface area contributed by atoms with Gasteiger partial charge in [0.15, 0.2) is 11.5 Å². The van der Waals surface area contributed by atoms with Crippen LogP contribution < -0.4 is 20.1 Å². The first kappa shape index (κ1) is 18.2. The van der Waals surface area contributed by atoms with E-state index < -0.39 is 0 Å². The second-order valence-corrected chi connectivity index (χ2v) is 6.68. The maximum atomic E-state index is 9.72. The molecule has 0 saturated heterocycles. The van der Waals surface area contributed by atoms with Crippen molar-refractivity contribution in [3.05, 3.63) is 18.5 Å². The highest BCUT2D eigenvalue weighted by Crippen LogP contribution is 2.29. The monoisotopic (exact) mass is 385 g/mol. The Morgan fingerprint density at radius 2 is 1.89 bits per heavy atom. The zero-order chi connectivity index (χ0) is 19.5. The van der Waals surface area contributed by atoms with E-state index in [2.05, 4.69) is 35.6 Å². The second kappa shape index (κ2) is 7.85. The molecule has 0 spiro atoms. The average Bonchev–Trinajstić information content (AvgIpc) is 3.19. The van der Waals surface area contributed by atoms with Crippen LogP contribution in [0.15, 0.2) is 18.5 Å². The summed E-state index contributed by atoms with van der Waals surface area (Å²) in [6.45, 7) is 0. The van der Waals surface area contributed by atoms with Gasteiger partial charge in [0.25, 0.3) is 0 Å². The minimum atomic E-state index is -0.207. The number of anilines is 3. The number of aliphatic hydroxyl groups is 1. The van der Waals surface area contributed by atoms with E-state index in [-0.39, 0.29) is 12.1 Å². The SMILES string of the molecule is COc1ccc(Nc2nc(N[C@H]3CC[C@H](O)CC3)c3nc[nH]c3n2)c(OC)n1. The molecule has 3 aromatic rings.